The van der Waals surface area contributed by atoms with Crippen LogP contribution in [0.5, 0.6) is 0 Å². The molecule has 6 nitrogen and oxygen atoms in total. The predicted molar refractivity (Wildman–Crippen MR) is 253 cm³/mol. The maximum absolute atomic E-state index is 5.20. The Hall–Kier alpha value is -8.48. The third-order valence-corrected chi connectivity index (χ3v) is 11.8. The van der Waals surface area contributed by atoms with E-state index in [1.54, 1.807) is 0 Å². The summed E-state index contributed by atoms with van der Waals surface area (Å²) in [5, 5.41) is 4.61. The van der Waals surface area contributed by atoms with E-state index in [2.05, 4.69) is 154 Å². The average molecular weight is 793 g/mol. The van der Waals surface area contributed by atoms with Crippen molar-refractivity contribution in [2.75, 3.05) is 0 Å². The van der Waals surface area contributed by atoms with E-state index in [0.717, 1.165) is 83.2 Å². The van der Waals surface area contributed by atoms with Crippen LogP contribution in [-0.2, 0) is 0 Å². The van der Waals surface area contributed by atoms with Crippen molar-refractivity contribution in [1.29, 1.82) is 0 Å². The molecule has 0 N–H and O–H groups in total. The van der Waals surface area contributed by atoms with E-state index in [4.69, 9.17) is 15.0 Å². The number of benzene rings is 8. The number of para-hydroxylation sites is 2. The van der Waals surface area contributed by atoms with Crippen molar-refractivity contribution < 1.29 is 0 Å². The Kier molecular flexibility index (Phi) is 8.38. The Labute approximate surface area is 357 Å². The molecule has 4 aromatic heterocycles. The lowest BCUT2D eigenvalue weighted by atomic mass is 9.96. The third-order valence-electron chi connectivity index (χ3n) is 11.8. The van der Waals surface area contributed by atoms with Crippen molar-refractivity contribution in [3.8, 4) is 67.9 Å². The molecule has 0 aliphatic carbocycles. The summed E-state index contributed by atoms with van der Waals surface area (Å²) >= 11 is 0. The summed E-state index contributed by atoms with van der Waals surface area (Å²) in [5.74, 6) is 1.81. The van der Waals surface area contributed by atoms with Gasteiger partial charge in [-0.05, 0) is 89.0 Å². The number of pyridine rings is 1. The van der Waals surface area contributed by atoms with Gasteiger partial charge in [-0.2, -0.15) is 9.97 Å². The molecule has 0 unspecified atom stereocenters. The zero-order valence-corrected chi connectivity index (χ0v) is 33.5. The zero-order chi connectivity index (χ0) is 41.0. The van der Waals surface area contributed by atoms with E-state index >= 15 is 0 Å². The Morgan fingerprint density at radius 3 is 1.48 bits per heavy atom. The molecular weight excluding hydrogens is 757 g/mol. The van der Waals surface area contributed by atoms with E-state index < -0.39 is 0 Å². The third kappa shape index (κ3) is 6.04. The number of hydrogen-bond donors (Lipinski definition) is 0. The molecule has 0 saturated heterocycles. The van der Waals surface area contributed by atoms with Crippen molar-refractivity contribution in [2.24, 2.45) is 0 Å². The quantitative estimate of drug-likeness (QED) is 0.161. The van der Waals surface area contributed by atoms with Crippen LogP contribution in [0.25, 0.3) is 112 Å². The van der Waals surface area contributed by atoms with Crippen LogP contribution in [0.15, 0.2) is 219 Å². The van der Waals surface area contributed by atoms with Gasteiger partial charge in [-0.3, -0.25) is 9.55 Å². The summed E-state index contributed by atoms with van der Waals surface area (Å²) < 4.78 is 4.59. The minimum absolute atomic E-state index is 0.568. The first kappa shape index (κ1) is 35.5. The maximum Gasteiger partial charge on any atom is 0.238 e. The molecule has 12 rings (SSSR count). The molecule has 0 amide bonds. The Balaban J connectivity index is 1.08. The van der Waals surface area contributed by atoms with E-state index in [-0.39, 0.29) is 0 Å². The van der Waals surface area contributed by atoms with Crippen molar-refractivity contribution in [1.82, 2.24) is 29.1 Å². The molecule has 12 aromatic rings. The monoisotopic (exact) mass is 792 g/mol. The lowest BCUT2D eigenvalue weighted by molar-refractivity contribution is 0.953. The van der Waals surface area contributed by atoms with Gasteiger partial charge in [0.15, 0.2) is 11.6 Å². The smallest absolute Gasteiger partial charge is 0.238 e. The lowest BCUT2D eigenvalue weighted by Gasteiger charge is -2.11. The van der Waals surface area contributed by atoms with Crippen LogP contribution in [0, 0.1) is 0 Å². The van der Waals surface area contributed by atoms with Gasteiger partial charge in [-0.25, -0.2) is 4.98 Å². The maximum atomic E-state index is 5.20. The van der Waals surface area contributed by atoms with Crippen LogP contribution in [0.2, 0.25) is 0 Å². The standard InChI is InChI=1S/C56H36N6/c1-4-16-37(17-5-1)54-58-55(38-18-6-2-7-19-38)60-56(59-54)62-50-28-11-10-26-45(50)47-35-48-46-34-42(29-30-51(46)61(52(48)36-53(47)62)44-24-8-3-9-25-44)40-21-14-20-39(32-40)41-22-15-23-43(33-41)49-27-12-13-31-57-49/h1-36H. The molecule has 0 atom stereocenters. The summed E-state index contributed by atoms with van der Waals surface area (Å²) in [6, 6.07) is 74.6. The van der Waals surface area contributed by atoms with Crippen LogP contribution in [0.3, 0.4) is 0 Å². The highest BCUT2D eigenvalue weighted by molar-refractivity contribution is 6.19. The average Bonchev–Trinajstić information content (AvgIpc) is 3.85. The van der Waals surface area contributed by atoms with Crippen LogP contribution < -0.4 is 0 Å². The lowest BCUT2D eigenvalue weighted by Crippen LogP contribution is -2.06. The molecule has 62 heavy (non-hydrogen) atoms. The Morgan fingerprint density at radius 2 is 0.806 bits per heavy atom. The fourth-order valence-corrected chi connectivity index (χ4v) is 8.90. The molecule has 0 saturated carbocycles. The number of hydrogen-bond acceptors (Lipinski definition) is 4. The molecular formula is C56H36N6. The SMILES string of the molecule is c1ccc(-c2nc(-c3ccccc3)nc(-n3c4ccccc4c4cc5c6cc(-c7cccc(-c8cccc(-c9ccccn9)c8)c7)ccc6n(-c6ccccc6)c5cc43)n2)cc1. The number of aromatic nitrogens is 6. The highest BCUT2D eigenvalue weighted by Gasteiger charge is 2.21. The zero-order valence-electron chi connectivity index (χ0n) is 33.5. The summed E-state index contributed by atoms with van der Waals surface area (Å²) in [7, 11) is 0. The van der Waals surface area contributed by atoms with E-state index in [0.29, 0.717) is 17.6 Å². The predicted octanol–water partition coefficient (Wildman–Crippen LogP) is 13.8. The van der Waals surface area contributed by atoms with Gasteiger partial charge in [0.2, 0.25) is 5.95 Å². The normalized spacial score (nSPS) is 11.5. The molecule has 0 bridgehead atoms. The Bertz CT molecular complexity index is 3560. The molecule has 0 radical (unpaired) electrons. The molecule has 0 aliphatic heterocycles. The highest BCUT2D eigenvalue weighted by Crippen LogP contribution is 2.41. The van der Waals surface area contributed by atoms with E-state index in [9.17, 15) is 0 Å². The Morgan fingerprint density at radius 1 is 0.290 bits per heavy atom. The first-order chi connectivity index (χ1) is 30.7. The fourth-order valence-electron chi connectivity index (χ4n) is 8.90. The molecule has 0 aliphatic rings. The van der Waals surface area contributed by atoms with E-state index in [1.165, 1.54) is 10.8 Å². The van der Waals surface area contributed by atoms with Gasteiger partial charge in [-0.15, -0.1) is 0 Å². The van der Waals surface area contributed by atoms with Gasteiger partial charge < -0.3 is 4.57 Å². The minimum atomic E-state index is 0.568. The van der Waals surface area contributed by atoms with Crippen LogP contribution >= 0.6 is 0 Å². The van der Waals surface area contributed by atoms with Gasteiger partial charge in [0.05, 0.1) is 27.8 Å². The molecule has 0 spiro atoms. The number of rotatable bonds is 7. The molecule has 4 heterocycles. The molecule has 0 fully saturated rings. The van der Waals surface area contributed by atoms with Crippen LogP contribution in [0.4, 0.5) is 0 Å². The molecule has 6 heteroatoms. The summed E-state index contributed by atoms with van der Waals surface area (Å²) in [6.45, 7) is 0. The topological polar surface area (TPSA) is 61.4 Å². The van der Waals surface area contributed by atoms with Crippen LogP contribution in [-0.4, -0.2) is 29.1 Å². The second-order valence-electron chi connectivity index (χ2n) is 15.5. The minimum Gasteiger partial charge on any atom is -0.309 e. The van der Waals surface area contributed by atoms with Crippen LogP contribution in [0.1, 0.15) is 0 Å². The first-order valence-electron chi connectivity index (χ1n) is 20.8. The van der Waals surface area contributed by atoms with Gasteiger partial charge in [0, 0.05) is 50.1 Å². The molecule has 8 aromatic carbocycles. The molecule has 290 valence electrons. The number of fused-ring (bicyclic) bond motifs is 6. The van der Waals surface area contributed by atoms with E-state index in [1.807, 2.05) is 79.0 Å². The highest BCUT2D eigenvalue weighted by atomic mass is 15.2. The summed E-state index contributed by atoms with van der Waals surface area (Å²) in [4.78, 5) is 20.0. The van der Waals surface area contributed by atoms with Crippen molar-refractivity contribution in [3.05, 3.63) is 219 Å². The van der Waals surface area contributed by atoms with Crippen molar-refractivity contribution in [2.45, 2.75) is 0 Å². The van der Waals surface area contributed by atoms with Gasteiger partial charge >= 0.3 is 0 Å². The number of nitrogens with zero attached hydrogens (tertiary/aromatic N) is 6. The second-order valence-corrected chi connectivity index (χ2v) is 15.5. The largest absolute Gasteiger partial charge is 0.309 e. The first-order valence-corrected chi connectivity index (χ1v) is 20.8. The van der Waals surface area contributed by atoms with Crippen molar-refractivity contribution in [3.63, 3.8) is 0 Å². The summed E-state index contributed by atoms with van der Waals surface area (Å²) in [5.41, 5.74) is 13.9. The van der Waals surface area contributed by atoms with Crippen molar-refractivity contribution >= 4 is 43.6 Å². The second kappa shape index (κ2) is 14.7. The van der Waals surface area contributed by atoms with Gasteiger partial charge in [-0.1, -0.05) is 146 Å². The fraction of sp³-hybridized carbons (Fsp3) is 0. The van der Waals surface area contributed by atoms with Gasteiger partial charge in [0.1, 0.15) is 0 Å². The summed E-state index contributed by atoms with van der Waals surface area (Å²) in [6.07, 6.45) is 1.84. The van der Waals surface area contributed by atoms with Gasteiger partial charge in [0.25, 0.3) is 0 Å².